The van der Waals surface area contributed by atoms with Crippen molar-refractivity contribution in [2.24, 2.45) is 5.92 Å². The second-order valence-corrected chi connectivity index (χ2v) is 7.05. The fourth-order valence-corrected chi connectivity index (χ4v) is 3.84. The lowest BCUT2D eigenvalue weighted by Gasteiger charge is -2.19. The van der Waals surface area contributed by atoms with E-state index in [1.165, 1.54) is 12.1 Å². The molecule has 1 saturated heterocycles. The first-order chi connectivity index (χ1) is 9.87. The Morgan fingerprint density at radius 1 is 1.52 bits per heavy atom. The van der Waals surface area contributed by atoms with Gasteiger partial charge in [-0.25, -0.2) is 17.9 Å². The van der Waals surface area contributed by atoms with Crippen LogP contribution >= 0.6 is 0 Å². The van der Waals surface area contributed by atoms with Crippen molar-refractivity contribution < 1.29 is 23.1 Å². The van der Waals surface area contributed by atoms with Gasteiger partial charge in [-0.05, 0) is 31.0 Å². The third-order valence-corrected chi connectivity index (χ3v) is 5.01. The first-order valence-corrected chi connectivity index (χ1v) is 8.42. The van der Waals surface area contributed by atoms with Crippen LogP contribution in [-0.2, 0) is 20.5 Å². The van der Waals surface area contributed by atoms with Gasteiger partial charge >= 0.3 is 5.97 Å². The Hall–Kier alpha value is -1.44. The first-order valence-electron chi connectivity index (χ1n) is 6.77. The zero-order chi connectivity index (χ0) is 15.5. The van der Waals surface area contributed by atoms with Crippen molar-refractivity contribution in [3.8, 4) is 0 Å². The molecule has 2 unspecified atom stereocenters. The number of carbonyl (C=O) groups is 1. The molecule has 0 aromatic heterocycles. The molecular weight excluding hydrogens is 294 g/mol. The lowest BCUT2D eigenvalue weighted by molar-refractivity contribution is 0.0696. The van der Waals surface area contributed by atoms with Crippen molar-refractivity contribution in [1.29, 1.82) is 0 Å². The normalized spacial score (nSPS) is 20.3. The molecule has 0 amide bonds. The zero-order valence-electron chi connectivity index (χ0n) is 11.8. The molecule has 1 aliphatic rings. The van der Waals surface area contributed by atoms with Crippen LogP contribution in [0.15, 0.2) is 24.3 Å². The molecule has 1 aromatic carbocycles. The topological polar surface area (TPSA) is 92.7 Å². The van der Waals surface area contributed by atoms with Crippen LogP contribution in [-0.4, -0.2) is 38.7 Å². The molecule has 1 aromatic rings. The van der Waals surface area contributed by atoms with Crippen LogP contribution in [0.3, 0.4) is 0 Å². The van der Waals surface area contributed by atoms with Crippen LogP contribution in [0.1, 0.15) is 29.3 Å². The van der Waals surface area contributed by atoms with Crippen LogP contribution < -0.4 is 4.72 Å². The fraction of sp³-hybridized carbons (Fsp3) is 0.500. The summed E-state index contributed by atoms with van der Waals surface area (Å²) in [5.41, 5.74) is 0.539. The predicted molar refractivity (Wildman–Crippen MR) is 77.5 cm³/mol. The van der Waals surface area contributed by atoms with Crippen molar-refractivity contribution in [3.05, 3.63) is 35.4 Å². The van der Waals surface area contributed by atoms with Crippen LogP contribution in [0.2, 0.25) is 0 Å². The van der Waals surface area contributed by atoms with E-state index < -0.39 is 16.0 Å². The summed E-state index contributed by atoms with van der Waals surface area (Å²) in [7, 11) is -3.51. The van der Waals surface area contributed by atoms with Crippen LogP contribution in [0, 0.1) is 5.92 Å². The second kappa shape index (κ2) is 6.55. The van der Waals surface area contributed by atoms with Gasteiger partial charge in [-0.15, -0.1) is 0 Å². The summed E-state index contributed by atoms with van der Waals surface area (Å²) in [5, 5.41) is 8.92. The molecule has 116 valence electrons. The summed E-state index contributed by atoms with van der Waals surface area (Å²) in [6, 6.07) is 5.77. The van der Waals surface area contributed by atoms with Crippen molar-refractivity contribution in [2.45, 2.75) is 25.1 Å². The number of carboxylic acid groups (broad SMARTS) is 1. The lowest BCUT2D eigenvalue weighted by Crippen LogP contribution is -2.38. The minimum absolute atomic E-state index is 0.0833. The summed E-state index contributed by atoms with van der Waals surface area (Å²) in [5.74, 6) is -1.12. The smallest absolute Gasteiger partial charge is 0.335 e. The van der Waals surface area contributed by atoms with E-state index in [4.69, 9.17) is 9.84 Å². The molecule has 1 aliphatic heterocycles. The maximum atomic E-state index is 12.1. The summed E-state index contributed by atoms with van der Waals surface area (Å²) in [6.07, 6.45) is 0.845. The summed E-state index contributed by atoms with van der Waals surface area (Å²) < 4.78 is 32.2. The standard InChI is InChI=1S/C14H19NO5S/c1-10(13-5-6-20-8-13)15-21(18,19)9-11-3-2-4-12(7-11)14(16)17/h2-4,7,10,13,15H,5-6,8-9H2,1H3,(H,16,17). The van der Waals surface area contributed by atoms with Gasteiger partial charge in [-0.2, -0.15) is 0 Å². The van der Waals surface area contributed by atoms with E-state index in [-0.39, 0.29) is 23.3 Å². The molecule has 2 N–H and O–H groups in total. The van der Waals surface area contributed by atoms with Gasteiger partial charge < -0.3 is 9.84 Å². The van der Waals surface area contributed by atoms with Crippen molar-refractivity contribution in [2.75, 3.05) is 13.2 Å². The number of sulfonamides is 1. The van der Waals surface area contributed by atoms with Crippen molar-refractivity contribution >= 4 is 16.0 Å². The van der Waals surface area contributed by atoms with Gasteiger partial charge in [0.2, 0.25) is 10.0 Å². The van der Waals surface area contributed by atoms with Gasteiger partial charge in [0, 0.05) is 18.6 Å². The van der Waals surface area contributed by atoms with E-state index in [0.717, 1.165) is 6.42 Å². The van der Waals surface area contributed by atoms with Crippen LogP contribution in [0.4, 0.5) is 0 Å². The molecular formula is C14H19NO5S. The molecule has 2 rings (SSSR count). The van der Waals surface area contributed by atoms with Crippen molar-refractivity contribution in [3.63, 3.8) is 0 Å². The first kappa shape index (κ1) is 15.9. The number of carboxylic acids is 1. The van der Waals surface area contributed by atoms with E-state index in [9.17, 15) is 13.2 Å². The molecule has 0 saturated carbocycles. The van der Waals surface area contributed by atoms with E-state index >= 15 is 0 Å². The highest BCUT2D eigenvalue weighted by Crippen LogP contribution is 2.18. The molecule has 0 aliphatic carbocycles. The number of hydrogen-bond acceptors (Lipinski definition) is 4. The van der Waals surface area contributed by atoms with Crippen LogP contribution in [0.25, 0.3) is 0 Å². The SMILES string of the molecule is CC(NS(=O)(=O)Cc1cccc(C(=O)O)c1)C1CCOC1. The Morgan fingerprint density at radius 2 is 2.29 bits per heavy atom. The average Bonchev–Trinajstić information content (AvgIpc) is 2.91. The molecule has 7 heteroatoms. The maximum absolute atomic E-state index is 12.1. The molecule has 0 bridgehead atoms. The second-order valence-electron chi connectivity index (χ2n) is 5.29. The highest BCUT2D eigenvalue weighted by atomic mass is 32.2. The van der Waals surface area contributed by atoms with Gasteiger partial charge in [0.05, 0.1) is 17.9 Å². The van der Waals surface area contributed by atoms with Crippen LogP contribution in [0.5, 0.6) is 0 Å². The number of rotatable bonds is 6. The summed E-state index contributed by atoms with van der Waals surface area (Å²) in [4.78, 5) is 10.9. The van der Waals surface area contributed by atoms with Gasteiger partial charge in [0.25, 0.3) is 0 Å². The molecule has 0 spiro atoms. The molecule has 0 radical (unpaired) electrons. The van der Waals surface area contributed by atoms with Gasteiger partial charge in [-0.3, -0.25) is 0 Å². The molecule has 2 atom stereocenters. The quantitative estimate of drug-likeness (QED) is 0.824. The van der Waals surface area contributed by atoms with E-state index in [1.54, 1.807) is 12.1 Å². The highest BCUT2D eigenvalue weighted by Gasteiger charge is 2.26. The third-order valence-electron chi connectivity index (χ3n) is 3.57. The van der Waals surface area contributed by atoms with Gasteiger partial charge in [0.1, 0.15) is 0 Å². The fourth-order valence-electron chi connectivity index (χ4n) is 2.38. The summed E-state index contributed by atoms with van der Waals surface area (Å²) >= 11 is 0. The number of aromatic carboxylic acids is 1. The number of hydrogen-bond donors (Lipinski definition) is 2. The van der Waals surface area contributed by atoms with E-state index in [1.807, 2.05) is 6.92 Å². The Labute approximate surface area is 124 Å². The molecule has 6 nitrogen and oxygen atoms in total. The molecule has 1 fully saturated rings. The average molecular weight is 313 g/mol. The van der Waals surface area contributed by atoms with Crippen molar-refractivity contribution in [1.82, 2.24) is 4.72 Å². The number of ether oxygens (including phenoxy) is 1. The monoisotopic (exact) mass is 313 g/mol. The van der Waals surface area contributed by atoms with E-state index in [2.05, 4.69) is 4.72 Å². The molecule has 21 heavy (non-hydrogen) atoms. The Bertz CT molecular complexity index is 608. The highest BCUT2D eigenvalue weighted by molar-refractivity contribution is 7.88. The summed E-state index contributed by atoms with van der Waals surface area (Å²) in [6.45, 7) is 3.06. The molecule has 1 heterocycles. The van der Waals surface area contributed by atoms with Gasteiger partial charge in [-0.1, -0.05) is 12.1 Å². The Kier molecular flexibility index (Phi) is 4.97. The minimum atomic E-state index is -3.51. The number of benzene rings is 1. The largest absolute Gasteiger partial charge is 0.478 e. The number of nitrogens with one attached hydrogen (secondary N) is 1. The van der Waals surface area contributed by atoms with E-state index in [0.29, 0.717) is 18.8 Å². The maximum Gasteiger partial charge on any atom is 0.335 e. The predicted octanol–water partition coefficient (Wildman–Crippen LogP) is 1.23. The minimum Gasteiger partial charge on any atom is -0.478 e. The van der Waals surface area contributed by atoms with Gasteiger partial charge in [0.15, 0.2) is 0 Å². The third kappa shape index (κ3) is 4.52. The Morgan fingerprint density at radius 3 is 2.90 bits per heavy atom. The zero-order valence-corrected chi connectivity index (χ0v) is 12.6. The Balaban J connectivity index is 2.03. The lowest BCUT2D eigenvalue weighted by atomic mass is 10.0.